The van der Waals surface area contributed by atoms with Crippen molar-refractivity contribution < 1.29 is 9.05 Å². The van der Waals surface area contributed by atoms with E-state index >= 15 is 0 Å². The Kier molecular flexibility index (Phi) is 11.1. The summed E-state index contributed by atoms with van der Waals surface area (Å²) < 4.78 is 11.3. The highest BCUT2D eigenvalue weighted by molar-refractivity contribution is 7.46. The van der Waals surface area contributed by atoms with Crippen LogP contribution in [0.5, 0.6) is 0 Å². The molecule has 0 bridgehead atoms. The Bertz CT molecular complexity index is 597. The lowest BCUT2D eigenvalue weighted by Crippen LogP contribution is -1.94. The van der Waals surface area contributed by atoms with Gasteiger partial charge in [0.25, 0.3) is 0 Å². The molecule has 2 aromatic rings. The Morgan fingerprint density at radius 1 is 0.760 bits per heavy atom. The number of benzene rings is 2. The Morgan fingerprint density at radius 3 is 1.64 bits per heavy atom. The molecule has 3 heteroatoms. The molecule has 0 saturated carbocycles. The van der Waals surface area contributed by atoms with Crippen LogP contribution >= 0.6 is 8.38 Å². The molecule has 2 rings (SSSR count). The molecule has 0 atom stereocenters. The van der Waals surface area contributed by atoms with E-state index in [0.717, 1.165) is 6.16 Å². The van der Waals surface area contributed by atoms with Crippen LogP contribution in [0.25, 0.3) is 12.2 Å². The molecule has 0 N–H and O–H groups in total. The van der Waals surface area contributed by atoms with Crippen molar-refractivity contribution in [3.63, 3.8) is 0 Å². The summed E-state index contributed by atoms with van der Waals surface area (Å²) in [6.07, 6.45) is 5.13. The first kappa shape index (κ1) is 21.6. The second kappa shape index (κ2) is 12.8. The van der Waals surface area contributed by atoms with E-state index in [-0.39, 0.29) is 0 Å². The van der Waals surface area contributed by atoms with Crippen LogP contribution in [0.3, 0.4) is 0 Å². The largest absolute Gasteiger partial charge is 0.334 e. The highest BCUT2D eigenvalue weighted by Crippen LogP contribution is 2.41. The second-order valence-electron chi connectivity index (χ2n) is 5.31. The lowest BCUT2D eigenvalue weighted by Gasteiger charge is -2.15. The van der Waals surface area contributed by atoms with Crippen LogP contribution in [-0.2, 0) is 15.2 Å². The van der Waals surface area contributed by atoms with Gasteiger partial charge < -0.3 is 9.05 Å². The van der Waals surface area contributed by atoms with Gasteiger partial charge in [0.15, 0.2) is 8.38 Å². The Balaban J connectivity index is 0.00000151. The fraction of sp³-hybridized carbons (Fsp3) is 0.364. The predicted octanol–water partition coefficient (Wildman–Crippen LogP) is 7.08. The van der Waals surface area contributed by atoms with Gasteiger partial charge in [-0.1, -0.05) is 80.1 Å². The van der Waals surface area contributed by atoms with Crippen molar-refractivity contribution in [3.05, 3.63) is 70.8 Å². The van der Waals surface area contributed by atoms with Gasteiger partial charge in [0.2, 0.25) is 0 Å². The average Bonchev–Trinajstić information content (AvgIpc) is 2.64. The molecule has 0 amide bonds. The summed E-state index contributed by atoms with van der Waals surface area (Å²) in [5.74, 6) is 0. The highest BCUT2D eigenvalue weighted by Gasteiger charge is 2.09. The van der Waals surface area contributed by atoms with Gasteiger partial charge in [-0.05, 0) is 37.5 Å². The maximum atomic E-state index is 5.66. The highest BCUT2D eigenvalue weighted by atomic mass is 31.2. The van der Waals surface area contributed by atoms with Gasteiger partial charge in [-0.15, -0.1) is 0 Å². The molecule has 0 heterocycles. The molecular weight excluding hydrogens is 327 g/mol. The minimum absolute atomic E-state index is 0.697. The predicted molar refractivity (Wildman–Crippen MR) is 112 cm³/mol. The molecule has 0 aliphatic carbocycles. The number of rotatable bonds is 8. The number of aryl methyl sites for hydroxylation is 1. The fourth-order valence-electron chi connectivity index (χ4n) is 2.17. The zero-order valence-electron chi connectivity index (χ0n) is 16.2. The quantitative estimate of drug-likeness (QED) is 0.371. The Morgan fingerprint density at radius 2 is 1.20 bits per heavy atom. The average molecular weight is 358 g/mol. The van der Waals surface area contributed by atoms with Crippen molar-refractivity contribution in [2.45, 2.75) is 40.8 Å². The minimum Gasteiger partial charge on any atom is -0.334 e. The third-order valence-corrected chi connectivity index (χ3v) is 5.10. The molecular formula is C22H31O2P. The van der Waals surface area contributed by atoms with Crippen LogP contribution in [0, 0.1) is 6.92 Å². The lowest BCUT2D eigenvalue weighted by molar-refractivity contribution is 0.268. The molecule has 25 heavy (non-hydrogen) atoms. The fourth-order valence-corrected chi connectivity index (χ4v) is 3.51. The number of hydrogen-bond donors (Lipinski definition) is 0. The van der Waals surface area contributed by atoms with Gasteiger partial charge in [-0.2, -0.15) is 0 Å². The molecule has 0 saturated heterocycles. The van der Waals surface area contributed by atoms with E-state index in [1.54, 1.807) is 0 Å². The summed E-state index contributed by atoms with van der Waals surface area (Å²) in [7, 11) is -0.812. The van der Waals surface area contributed by atoms with Crippen molar-refractivity contribution in [1.82, 2.24) is 0 Å². The first-order valence-corrected chi connectivity index (χ1v) is 10.4. The molecule has 0 aromatic heterocycles. The standard InChI is InChI=1S/C20H25O2P.C2H6/c1-4-21-23(22-5-2)16-20-14-12-19(13-15-20)11-10-18-8-6-17(3)7-9-18;1-2/h6-15H,4-5,16H2,1-3H3;1-2H3/b11-10+;. The first-order valence-electron chi connectivity index (χ1n) is 9.08. The summed E-state index contributed by atoms with van der Waals surface area (Å²) >= 11 is 0. The molecule has 2 nitrogen and oxygen atoms in total. The third kappa shape index (κ3) is 8.45. The van der Waals surface area contributed by atoms with Crippen LogP contribution in [0.15, 0.2) is 48.5 Å². The van der Waals surface area contributed by atoms with Crippen molar-refractivity contribution in [2.24, 2.45) is 0 Å². The summed E-state index contributed by atoms with van der Waals surface area (Å²) in [6, 6.07) is 17.1. The van der Waals surface area contributed by atoms with Crippen LogP contribution in [-0.4, -0.2) is 13.2 Å². The van der Waals surface area contributed by atoms with E-state index in [1.807, 2.05) is 27.7 Å². The van der Waals surface area contributed by atoms with Gasteiger partial charge in [-0.3, -0.25) is 0 Å². The molecule has 2 aromatic carbocycles. The summed E-state index contributed by atoms with van der Waals surface area (Å²) in [5.41, 5.74) is 4.96. The van der Waals surface area contributed by atoms with Gasteiger partial charge in [0.1, 0.15) is 0 Å². The zero-order valence-corrected chi connectivity index (χ0v) is 17.1. The molecule has 0 aliphatic heterocycles. The normalized spacial score (nSPS) is 10.8. The second-order valence-corrected chi connectivity index (χ2v) is 6.81. The smallest absolute Gasteiger partial charge is 0.175 e. The first-order chi connectivity index (χ1) is 12.2. The SMILES string of the molecule is CC.CCOP(Cc1ccc(/C=C/c2ccc(C)cc2)cc1)OCC. The van der Waals surface area contributed by atoms with Gasteiger partial charge in [-0.25, -0.2) is 0 Å². The van der Waals surface area contributed by atoms with Crippen molar-refractivity contribution in [1.29, 1.82) is 0 Å². The van der Waals surface area contributed by atoms with E-state index in [2.05, 4.69) is 67.6 Å². The van der Waals surface area contributed by atoms with Crippen molar-refractivity contribution >= 4 is 20.5 Å². The van der Waals surface area contributed by atoms with Gasteiger partial charge >= 0.3 is 0 Å². The monoisotopic (exact) mass is 358 g/mol. The molecule has 0 aliphatic rings. The van der Waals surface area contributed by atoms with Crippen LogP contribution in [0.2, 0.25) is 0 Å². The molecule has 136 valence electrons. The Labute approximate surface area is 154 Å². The third-order valence-electron chi connectivity index (χ3n) is 3.38. The maximum absolute atomic E-state index is 5.66. The van der Waals surface area contributed by atoms with Crippen LogP contribution in [0.4, 0.5) is 0 Å². The topological polar surface area (TPSA) is 18.5 Å². The molecule has 0 radical (unpaired) electrons. The number of hydrogen-bond acceptors (Lipinski definition) is 2. The van der Waals surface area contributed by atoms with Gasteiger partial charge in [0.05, 0.1) is 13.2 Å². The summed E-state index contributed by atoms with van der Waals surface area (Å²) in [6.45, 7) is 11.5. The van der Waals surface area contributed by atoms with E-state index in [0.29, 0.717) is 13.2 Å². The summed E-state index contributed by atoms with van der Waals surface area (Å²) in [5, 5.41) is 0. The van der Waals surface area contributed by atoms with E-state index in [9.17, 15) is 0 Å². The minimum atomic E-state index is -0.812. The molecule has 0 spiro atoms. The van der Waals surface area contributed by atoms with Crippen LogP contribution in [0.1, 0.15) is 49.9 Å². The summed E-state index contributed by atoms with van der Waals surface area (Å²) in [4.78, 5) is 0. The van der Waals surface area contributed by atoms with Gasteiger partial charge in [0, 0.05) is 6.16 Å². The zero-order chi connectivity index (χ0) is 18.5. The Hall–Kier alpha value is -1.47. The lowest BCUT2D eigenvalue weighted by atomic mass is 10.1. The maximum Gasteiger partial charge on any atom is 0.175 e. The van der Waals surface area contributed by atoms with E-state index in [1.165, 1.54) is 22.3 Å². The van der Waals surface area contributed by atoms with Crippen molar-refractivity contribution in [2.75, 3.05) is 13.2 Å². The van der Waals surface area contributed by atoms with Crippen LogP contribution < -0.4 is 0 Å². The van der Waals surface area contributed by atoms with E-state index in [4.69, 9.17) is 9.05 Å². The van der Waals surface area contributed by atoms with E-state index < -0.39 is 8.38 Å². The van der Waals surface area contributed by atoms with Crippen molar-refractivity contribution in [3.8, 4) is 0 Å². The molecule has 0 unspecified atom stereocenters. The molecule has 0 fully saturated rings.